The van der Waals surface area contributed by atoms with E-state index < -0.39 is 0 Å². The molecule has 0 saturated heterocycles. The highest BCUT2D eigenvalue weighted by atomic mass is 19.1. The molecule has 2 aromatic carbocycles. The lowest BCUT2D eigenvalue weighted by Gasteiger charge is -2.18. The molecular weight excluding hydrogens is 241 g/mol. The van der Waals surface area contributed by atoms with Gasteiger partial charge in [-0.05, 0) is 42.2 Å². The molecule has 0 saturated carbocycles. The second kappa shape index (κ2) is 5.31. The molecule has 3 heteroatoms. The molecular formula is C16H16FNO. The van der Waals surface area contributed by atoms with Gasteiger partial charge in [0.05, 0.1) is 0 Å². The van der Waals surface area contributed by atoms with Gasteiger partial charge >= 0.3 is 0 Å². The van der Waals surface area contributed by atoms with Crippen LogP contribution in [0.5, 0.6) is 5.75 Å². The van der Waals surface area contributed by atoms with Crippen molar-refractivity contribution in [2.24, 2.45) is 0 Å². The number of anilines is 1. The molecule has 0 fully saturated rings. The van der Waals surface area contributed by atoms with Crippen molar-refractivity contribution >= 4 is 5.69 Å². The average molecular weight is 257 g/mol. The maximum Gasteiger partial charge on any atom is 0.165 e. The summed E-state index contributed by atoms with van der Waals surface area (Å²) in [7, 11) is 0. The first-order valence-corrected chi connectivity index (χ1v) is 6.56. The van der Waals surface area contributed by atoms with Crippen LogP contribution in [0.4, 0.5) is 10.1 Å². The van der Waals surface area contributed by atoms with Crippen LogP contribution in [0.25, 0.3) is 0 Å². The Kier molecular flexibility index (Phi) is 3.36. The van der Waals surface area contributed by atoms with Crippen molar-refractivity contribution in [2.45, 2.75) is 19.4 Å². The second-order valence-corrected chi connectivity index (χ2v) is 4.74. The monoisotopic (exact) mass is 257 g/mol. The highest BCUT2D eigenvalue weighted by molar-refractivity contribution is 5.54. The first-order valence-electron chi connectivity index (χ1n) is 6.56. The number of rotatable bonds is 3. The molecule has 0 aliphatic carbocycles. The van der Waals surface area contributed by atoms with E-state index in [1.807, 2.05) is 6.07 Å². The summed E-state index contributed by atoms with van der Waals surface area (Å²) in [5.41, 5.74) is 3.58. The molecule has 19 heavy (non-hydrogen) atoms. The standard InChI is InChI=1S/C16H16FNO/c17-14-5-1-2-6-16(14)19-11-12-7-8-13-4-3-9-18-15(13)10-12/h1-2,5-8,10,18H,3-4,9,11H2. The molecule has 98 valence electrons. The summed E-state index contributed by atoms with van der Waals surface area (Å²) in [5.74, 6) is -0.0215. The summed E-state index contributed by atoms with van der Waals surface area (Å²) in [6, 6.07) is 12.7. The van der Waals surface area contributed by atoms with E-state index in [9.17, 15) is 4.39 Å². The van der Waals surface area contributed by atoms with Crippen molar-refractivity contribution in [1.29, 1.82) is 0 Å². The zero-order chi connectivity index (χ0) is 13.1. The number of para-hydroxylation sites is 1. The van der Waals surface area contributed by atoms with Crippen molar-refractivity contribution in [1.82, 2.24) is 0 Å². The van der Waals surface area contributed by atoms with Gasteiger partial charge in [0, 0.05) is 12.2 Å². The summed E-state index contributed by atoms with van der Waals surface area (Å²) in [4.78, 5) is 0. The molecule has 1 N–H and O–H groups in total. The number of aryl methyl sites for hydroxylation is 1. The van der Waals surface area contributed by atoms with Crippen LogP contribution in [0, 0.1) is 5.82 Å². The quantitative estimate of drug-likeness (QED) is 0.904. The minimum absolute atomic E-state index is 0.299. The third kappa shape index (κ3) is 2.70. The van der Waals surface area contributed by atoms with Gasteiger partial charge in [0.2, 0.25) is 0 Å². The molecule has 0 unspecified atom stereocenters. The Morgan fingerprint density at radius 3 is 2.95 bits per heavy atom. The Morgan fingerprint density at radius 1 is 1.16 bits per heavy atom. The summed E-state index contributed by atoms with van der Waals surface area (Å²) in [6.07, 6.45) is 2.30. The van der Waals surface area contributed by atoms with Crippen LogP contribution in [-0.4, -0.2) is 6.54 Å². The van der Waals surface area contributed by atoms with E-state index in [0.717, 1.165) is 18.5 Å². The Bertz CT molecular complexity index is 583. The van der Waals surface area contributed by atoms with E-state index in [1.165, 1.54) is 23.7 Å². The number of benzene rings is 2. The van der Waals surface area contributed by atoms with Crippen molar-refractivity contribution in [3.63, 3.8) is 0 Å². The van der Waals surface area contributed by atoms with E-state index in [0.29, 0.717) is 12.4 Å². The van der Waals surface area contributed by atoms with E-state index in [-0.39, 0.29) is 5.82 Å². The fourth-order valence-corrected chi connectivity index (χ4v) is 2.32. The number of hydrogen-bond acceptors (Lipinski definition) is 2. The van der Waals surface area contributed by atoms with Crippen LogP contribution >= 0.6 is 0 Å². The van der Waals surface area contributed by atoms with Crippen molar-refractivity contribution in [2.75, 3.05) is 11.9 Å². The van der Waals surface area contributed by atoms with Crippen LogP contribution in [0.3, 0.4) is 0 Å². The van der Waals surface area contributed by atoms with Gasteiger partial charge in [-0.25, -0.2) is 4.39 Å². The number of ether oxygens (including phenoxy) is 1. The smallest absolute Gasteiger partial charge is 0.165 e. The third-order valence-corrected chi connectivity index (χ3v) is 3.34. The predicted molar refractivity (Wildman–Crippen MR) is 74.0 cm³/mol. The van der Waals surface area contributed by atoms with Gasteiger partial charge in [-0.2, -0.15) is 0 Å². The lowest BCUT2D eigenvalue weighted by Crippen LogP contribution is -2.12. The van der Waals surface area contributed by atoms with Gasteiger partial charge in [0.1, 0.15) is 6.61 Å². The SMILES string of the molecule is Fc1ccccc1OCc1ccc2c(c1)NCCC2. The normalized spacial score (nSPS) is 13.5. The molecule has 1 aliphatic rings. The third-order valence-electron chi connectivity index (χ3n) is 3.34. The van der Waals surface area contributed by atoms with Crippen LogP contribution < -0.4 is 10.1 Å². The summed E-state index contributed by atoms with van der Waals surface area (Å²) in [6.45, 7) is 1.40. The van der Waals surface area contributed by atoms with E-state index in [2.05, 4.69) is 17.4 Å². The van der Waals surface area contributed by atoms with Gasteiger partial charge in [0.25, 0.3) is 0 Å². The van der Waals surface area contributed by atoms with Gasteiger partial charge in [-0.1, -0.05) is 24.3 Å². The molecule has 0 atom stereocenters. The van der Waals surface area contributed by atoms with Crippen molar-refractivity contribution in [3.8, 4) is 5.75 Å². The van der Waals surface area contributed by atoms with Gasteiger partial charge < -0.3 is 10.1 Å². The fourth-order valence-electron chi connectivity index (χ4n) is 2.32. The van der Waals surface area contributed by atoms with Crippen LogP contribution in [-0.2, 0) is 13.0 Å². The number of fused-ring (bicyclic) bond motifs is 1. The highest BCUT2D eigenvalue weighted by Crippen LogP contribution is 2.24. The fraction of sp³-hybridized carbons (Fsp3) is 0.250. The zero-order valence-corrected chi connectivity index (χ0v) is 10.7. The summed E-state index contributed by atoms with van der Waals surface area (Å²) in [5, 5.41) is 3.38. The molecule has 0 bridgehead atoms. The molecule has 0 spiro atoms. The molecule has 1 aliphatic heterocycles. The Labute approximate surface area is 112 Å². The van der Waals surface area contributed by atoms with Gasteiger partial charge in [-0.3, -0.25) is 0 Å². The van der Waals surface area contributed by atoms with Gasteiger partial charge in [0.15, 0.2) is 11.6 Å². The molecule has 1 heterocycles. The molecule has 2 nitrogen and oxygen atoms in total. The second-order valence-electron chi connectivity index (χ2n) is 4.74. The largest absolute Gasteiger partial charge is 0.486 e. The van der Waals surface area contributed by atoms with Gasteiger partial charge in [-0.15, -0.1) is 0 Å². The topological polar surface area (TPSA) is 21.3 Å². The zero-order valence-electron chi connectivity index (χ0n) is 10.7. The summed E-state index contributed by atoms with van der Waals surface area (Å²) < 4.78 is 18.9. The molecule has 2 aromatic rings. The number of hydrogen-bond donors (Lipinski definition) is 1. The molecule has 0 radical (unpaired) electrons. The minimum atomic E-state index is -0.321. The maximum absolute atomic E-state index is 13.4. The highest BCUT2D eigenvalue weighted by Gasteiger charge is 2.09. The number of halogens is 1. The first kappa shape index (κ1) is 12.0. The predicted octanol–water partition coefficient (Wildman–Crippen LogP) is 3.76. The maximum atomic E-state index is 13.4. The minimum Gasteiger partial charge on any atom is -0.486 e. The van der Waals surface area contributed by atoms with Crippen molar-refractivity contribution in [3.05, 3.63) is 59.4 Å². The molecule has 0 amide bonds. The van der Waals surface area contributed by atoms with E-state index in [1.54, 1.807) is 18.2 Å². The molecule has 3 rings (SSSR count). The van der Waals surface area contributed by atoms with E-state index in [4.69, 9.17) is 4.74 Å². The number of nitrogens with one attached hydrogen (secondary N) is 1. The lowest BCUT2D eigenvalue weighted by atomic mass is 10.0. The Hall–Kier alpha value is -2.03. The first-order chi connectivity index (χ1) is 9.33. The Balaban J connectivity index is 1.72. The van der Waals surface area contributed by atoms with Crippen LogP contribution in [0.15, 0.2) is 42.5 Å². The van der Waals surface area contributed by atoms with E-state index >= 15 is 0 Å². The average Bonchev–Trinajstić information content (AvgIpc) is 2.46. The lowest BCUT2D eigenvalue weighted by molar-refractivity contribution is 0.290. The van der Waals surface area contributed by atoms with Crippen molar-refractivity contribution < 1.29 is 9.13 Å². The molecule has 0 aromatic heterocycles. The Morgan fingerprint density at radius 2 is 2.05 bits per heavy atom. The van der Waals surface area contributed by atoms with Crippen LogP contribution in [0.1, 0.15) is 17.5 Å². The van der Waals surface area contributed by atoms with Crippen LogP contribution in [0.2, 0.25) is 0 Å². The summed E-state index contributed by atoms with van der Waals surface area (Å²) >= 11 is 0.